The molecule has 0 unspecified atom stereocenters. The van der Waals surface area contributed by atoms with E-state index in [1.165, 1.54) is 29.5 Å². The predicted molar refractivity (Wildman–Crippen MR) is 80.7 cm³/mol. The smallest absolute Gasteiger partial charge is 0.240 e. The fraction of sp³-hybridized carbons (Fsp3) is 0.143. The fourth-order valence-corrected chi connectivity index (χ4v) is 3.46. The van der Waals surface area contributed by atoms with E-state index in [-0.39, 0.29) is 18.0 Å². The molecule has 2 rings (SSSR count). The zero-order valence-corrected chi connectivity index (χ0v) is 12.6. The Labute approximate surface area is 126 Å². The molecule has 0 radical (unpaired) electrons. The minimum absolute atomic E-state index is 0.0952. The largest absolute Gasteiger partial charge is 0.320 e. The maximum Gasteiger partial charge on any atom is 0.240 e. The molecular formula is C14H13FN2O2S2. The second-order valence-electron chi connectivity index (χ2n) is 4.09. The highest BCUT2D eigenvalue weighted by Gasteiger charge is 2.14. The predicted octanol–water partition coefficient (Wildman–Crippen LogP) is 1.68. The van der Waals surface area contributed by atoms with Crippen LogP contribution in [0, 0.1) is 17.7 Å². The van der Waals surface area contributed by atoms with Crippen LogP contribution in [0.5, 0.6) is 0 Å². The standard InChI is InChI=1S/C14H13FN2O2S2/c15-12-4-1-5-14(8-12)21(18,19)17-9-13-7-11(10-20-13)3-2-6-16/h1,4-5,7-8,10,17H,6,9,16H2. The van der Waals surface area contributed by atoms with E-state index in [2.05, 4.69) is 16.6 Å². The van der Waals surface area contributed by atoms with Gasteiger partial charge in [-0.2, -0.15) is 0 Å². The Morgan fingerprint density at radius 3 is 2.86 bits per heavy atom. The minimum Gasteiger partial charge on any atom is -0.320 e. The SMILES string of the molecule is NCC#Cc1csc(CNS(=O)(=O)c2cccc(F)c2)c1. The van der Waals surface area contributed by atoms with Crippen molar-refractivity contribution in [3.05, 3.63) is 52.0 Å². The number of thiophene rings is 1. The molecule has 0 saturated carbocycles. The molecule has 1 heterocycles. The van der Waals surface area contributed by atoms with Gasteiger partial charge in [-0.25, -0.2) is 17.5 Å². The van der Waals surface area contributed by atoms with Crippen molar-refractivity contribution in [1.82, 2.24) is 4.72 Å². The van der Waals surface area contributed by atoms with Gasteiger partial charge in [0.1, 0.15) is 5.82 Å². The number of halogens is 1. The normalized spacial score (nSPS) is 11.0. The molecule has 3 N–H and O–H groups in total. The van der Waals surface area contributed by atoms with Gasteiger partial charge in [0.05, 0.1) is 11.4 Å². The minimum atomic E-state index is -3.73. The van der Waals surface area contributed by atoms with Crippen molar-refractivity contribution in [3.63, 3.8) is 0 Å². The van der Waals surface area contributed by atoms with Gasteiger partial charge in [0, 0.05) is 22.4 Å². The molecule has 0 bridgehead atoms. The van der Waals surface area contributed by atoms with Crippen molar-refractivity contribution in [2.45, 2.75) is 11.4 Å². The first-order valence-electron chi connectivity index (χ1n) is 6.03. The lowest BCUT2D eigenvalue weighted by Gasteiger charge is -2.05. The first kappa shape index (κ1) is 15.7. The van der Waals surface area contributed by atoms with Crippen LogP contribution in [0.2, 0.25) is 0 Å². The molecule has 0 aliphatic rings. The van der Waals surface area contributed by atoms with Crippen LogP contribution in [-0.2, 0) is 16.6 Å². The molecule has 1 aromatic carbocycles. The monoisotopic (exact) mass is 324 g/mol. The van der Waals surface area contributed by atoms with Crippen LogP contribution in [0.4, 0.5) is 4.39 Å². The Hall–Kier alpha value is -1.72. The summed E-state index contributed by atoms with van der Waals surface area (Å²) in [7, 11) is -3.73. The van der Waals surface area contributed by atoms with Gasteiger partial charge >= 0.3 is 0 Å². The number of nitrogens with two attached hydrogens (primary N) is 1. The molecule has 7 heteroatoms. The van der Waals surface area contributed by atoms with Crippen LogP contribution in [0.25, 0.3) is 0 Å². The average Bonchev–Trinajstić information content (AvgIpc) is 2.91. The summed E-state index contributed by atoms with van der Waals surface area (Å²) in [4.78, 5) is 0.721. The highest BCUT2D eigenvalue weighted by atomic mass is 32.2. The number of nitrogens with one attached hydrogen (secondary N) is 1. The van der Waals surface area contributed by atoms with E-state index in [4.69, 9.17) is 5.73 Å². The summed E-state index contributed by atoms with van der Waals surface area (Å²) in [5.41, 5.74) is 6.08. The molecule has 0 spiro atoms. The molecule has 0 aliphatic carbocycles. The summed E-state index contributed by atoms with van der Waals surface area (Å²) < 4.78 is 39.5. The molecule has 110 valence electrons. The molecule has 0 amide bonds. The summed E-state index contributed by atoms with van der Waals surface area (Å²) >= 11 is 1.39. The lowest BCUT2D eigenvalue weighted by atomic mass is 10.3. The van der Waals surface area contributed by atoms with E-state index in [0.29, 0.717) is 0 Å². The lowest BCUT2D eigenvalue weighted by molar-refractivity contribution is 0.578. The van der Waals surface area contributed by atoms with Crippen LogP contribution in [-0.4, -0.2) is 15.0 Å². The number of hydrogen-bond donors (Lipinski definition) is 2. The topological polar surface area (TPSA) is 72.2 Å². The van der Waals surface area contributed by atoms with Crippen molar-refractivity contribution < 1.29 is 12.8 Å². The van der Waals surface area contributed by atoms with E-state index >= 15 is 0 Å². The van der Waals surface area contributed by atoms with E-state index < -0.39 is 15.8 Å². The summed E-state index contributed by atoms with van der Waals surface area (Å²) in [6.07, 6.45) is 0. The number of hydrogen-bond acceptors (Lipinski definition) is 4. The van der Waals surface area contributed by atoms with Gasteiger partial charge in [-0.15, -0.1) is 11.3 Å². The molecule has 0 aliphatic heterocycles. The molecule has 2 aromatic rings. The van der Waals surface area contributed by atoms with Crippen molar-refractivity contribution in [2.75, 3.05) is 6.54 Å². The Bertz CT molecular complexity index is 789. The second kappa shape index (κ2) is 6.83. The number of benzene rings is 1. The maximum atomic E-state index is 13.1. The first-order chi connectivity index (χ1) is 10.0. The Morgan fingerprint density at radius 2 is 2.14 bits per heavy atom. The quantitative estimate of drug-likeness (QED) is 0.841. The van der Waals surface area contributed by atoms with Gasteiger partial charge in [0.25, 0.3) is 0 Å². The Balaban J connectivity index is 2.07. The van der Waals surface area contributed by atoms with E-state index in [1.54, 1.807) is 6.07 Å². The summed E-state index contributed by atoms with van der Waals surface area (Å²) in [6.45, 7) is 0.408. The number of rotatable bonds is 4. The van der Waals surface area contributed by atoms with Crippen LogP contribution in [0.1, 0.15) is 10.4 Å². The zero-order valence-electron chi connectivity index (χ0n) is 11.0. The molecule has 0 atom stereocenters. The third kappa shape index (κ3) is 4.37. The highest BCUT2D eigenvalue weighted by Crippen LogP contribution is 2.16. The number of sulfonamides is 1. The highest BCUT2D eigenvalue weighted by molar-refractivity contribution is 7.89. The average molecular weight is 324 g/mol. The van der Waals surface area contributed by atoms with Crippen LogP contribution < -0.4 is 10.5 Å². The summed E-state index contributed by atoms with van der Waals surface area (Å²) in [5, 5.41) is 1.83. The summed E-state index contributed by atoms with van der Waals surface area (Å²) in [5.74, 6) is 5.01. The van der Waals surface area contributed by atoms with Gasteiger partial charge in [-0.05, 0) is 24.3 Å². The molecule has 1 aromatic heterocycles. The Morgan fingerprint density at radius 1 is 1.33 bits per heavy atom. The third-order valence-electron chi connectivity index (χ3n) is 2.53. The zero-order chi connectivity index (χ0) is 15.3. The van der Waals surface area contributed by atoms with Gasteiger partial charge in [0.15, 0.2) is 0 Å². The first-order valence-corrected chi connectivity index (χ1v) is 8.39. The second-order valence-corrected chi connectivity index (χ2v) is 6.85. The Kier molecular flexibility index (Phi) is 5.09. The fourth-order valence-electron chi connectivity index (χ4n) is 1.58. The molecule has 0 fully saturated rings. The van der Waals surface area contributed by atoms with Gasteiger partial charge in [-0.3, -0.25) is 0 Å². The van der Waals surface area contributed by atoms with Crippen molar-refractivity contribution in [3.8, 4) is 11.8 Å². The molecular weight excluding hydrogens is 311 g/mol. The molecule has 21 heavy (non-hydrogen) atoms. The van der Waals surface area contributed by atoms with Crippen molar-refractivity contribution in [2.24, 2.45) is 5.73 Å². The lowest BCUT2D eigenvalue weighted by Crippen LogP contribution is -2.22. The van der Waals surface area contributed by atoms with Crippen molar-refractivity contribution >= 4 is 21.4 Å². The van der Waals surface area contributed by atoms with Crippen molar-refractivity contribution in [1.29, 1.82) is 0 Å². The van der Waals surface area contributed by atoms with Crippen LogP contribution >= 0.6 is 11.3 Å². The molecule has 4 nitrogen and oxygen atoms in total. The molecule has 0 saturated heterocycles. The van der Waals surface area contributed by atoms with Crippen LogP contribution in [0.3, 0.4) is 0 Å². The van der Waals surface area contributed by atoms with Gasteiger partial charge < -0.3 is 5.73 Å². The van der Waals surface area contributed by atoms with E-state index in [9.17, 15) is 12.8 Å². The van der Waals surface area contributed by atoms with E-state index in [0.717, 1.165) is 16.5 Å². The third-order valence-corrected chi connectivity index (χ3v) is 4.87. The summed E-state index contributed by atoms with van der Waals surface area (Å²) in [6, 6.07) is 6.67. The van der Waals surface area contributed by atoms with Gasteiger partial charge in [0.2, 0.25) is 10.0 Å². The maximum absolute atomic E-state index is 13.1. The van der Waals surface area contributed by atoms with E-state index in [1.807, 2.05) is 5.38 Å². The van der Waals surface area contributed by atoms with Crippen LogP contribution in [0.15, 0.2) is 40.6 Å². The van der Waals surface area contributed by atoms with Gasteiger partial charge in [-0.1, -0.05) is 17.9 Å².